The molecule has 3 heterocycles. The largest absolute Gasteiger partial charge is 0.365 e. The highest BCUT2D eigenvalue weighted by atomic mass is 35.5. The molecule has 0 bridgehead atoms. The number of fused-ring (bicyclic) bond motifs is 1. The van der Waals surface area contributed by atoms with Crippen LogP contribution in [0.25, 0.3) is 16.2 Å². The summed E-state index contributed by atoms with van der Waals surface area (Å²) >= 11 is 13.0. The lowest BCUT2D eigenvalue weighted by Crippen LogP contribution is -2.06. The van der Waals surface area contributed by atoms with Gasteiger partial charge in [-0.2, -0.15) is 4.98 Å². The molecule has 1 aromatic carbocycles. The molecule has 0 amide bonds. The molecular weight excluding hydrogens is 411 g/mol. The van der Waals surface area contributed by atoms with Crippen LogP contribution in [0.5, 0.6) is 0 Å². The molecule has 8 nitrogen and oxygen atoms in total. The van der Waals surface area contributed by atoms with Crippen LogP contribution in [0, 0.1) is 10.1 Å². The summed E-state index contributed by atoms with van der Waals surface area (Å²) < 4.78 is 1.63. The molecule has 0 unspecified atom stereocenters. The van der Waals surface area contributed by atoms with Crippen molar-refractivity contribution in [3.63, 3.8) is 0 Å². The van der Waals surface area contributed by atoms with E-state index in [1.54, 1.807) is 35.4 Å². The Bertz CT molecular complexity index is 1150. The minimum atomic E-state index is -0.439. The van der Waals surface area contributed by atoms with Gasteiger partial charge in [-0.3, -0.25) is 14.7 Å². The van der Waals surface area contributed by atoms with Gasteiger partial charge in [-0.15, -0.1) is 0 Å². The van der Waals surface area contributed by atoms with Gasteiger partial charge in [-0.05, 0) is 29.0 Å². The van der Waals surface area contributed by atoms with E-state index in [0.717, 1.165) is 16.9 Å². The van der Waals surface area contributed by atoms with E-state index < -0.39 is 4.92 Å². The maximum atomic E-state index is 11.1. The lowest BCUT2D eigenvalue weighted by atomic mass is 10.2. The minimum Gasteiger partial charge on any atom is -0.365 e. The van der Waals surface area contributed by atoms with Gasteiger partial charge >= 0.3 is 5.00 Å². The van der Waals surface area contributed by atoms with E-state index in [-0.39, 0.29) is 5.00 Å². The summed E-state index contributed by atoms with van der Waals surface area (Å²) in [5.74, 6) is 0.854. The first kappa shape index (κ1) is 17.7. The molecule has 0 atom stereocenters. The number of imidazole rings is 1. The normalized spacial score (nSPS) is 11.0. The van der Waals surface area contributed by atoms with E-state index in [2.05, 4.69) is 20.3 Å². The van der Waals surface area contributed by atoms with Gasteiger partial charge in [-0.25, -0.2) is 9.97 Å². The number of hydrogen-bond acceptors (Lipinski definition) is 7. The second-order valence-corrected chi connectivity index (χ2v) is 7.33. The first-order chi connectivity index (χ1) is 13.0. The first-order valence-electron chi connectivity index (χ1n) is 7.63. The molecule has 0 fully saturated rings. The van der Waals surface area contributed by atoms with Crippen LogP contribution in [0.2, 0.25) is 10.0 Å². The summed E-state index contributed by atoms with van der Waals surface area (Å²) in [6.07, 6.45) is 4.87. The van der Waals surface area contributed by atoms with Crippen molar-refractivity contribution < 1.29 is 4.92 Å². The van der Waals surface area contributed by atoms with Gasteiger partial charge in [0.2, 0.25) is 5.95 Å². The molecule has 4 aromatic rings. The lowest BCUT2D eigenvalue weighted by molar-refractivity contribution is -0.380. The number of halogens is 2. The molecule has 0 saturated carbocycles. The Morgan fingerprint density at radius 1 is 1.22 bits per heavy atom. The quantitative estimate of drug-likeness (QED) is 0.370. The zero-order valence-corrected chi connectivity index (χ0v) is 15.8. The van der Waals surface area contributed by atoms with Crippen LogP contribution in [-0.2, 0) is 6.54 Å². The van der Waals surface area contributed by atoms with E-state index in [1.165, 1.54) is 6.07 Å². The number of nitro groups is 1. The maximum absolute atomic E-state index is 11.1. The molecule has 0 spiro atoms. The van der Waals surface area contributed by atoms with E-state index in [1.807, 2.05) is 6.07 Å². The predicted octanol–water partition coefficient (Wildman–Crippen LogP) is 4.70. The monoisotopic (exact) mass is 420 g/mol. The van der Waals surface area contributed by atoms with Crippen molar-refractivity contribution in [1.29, 1.82) is 0 Å². The highest BCUT2D eigenvalue weighted by Gasteiger charge is 2.18. The Morgan fingerprint density at radius 2 is 2.07 bits per heavy atom. The molecule has 0 aliphatic heterocycles. The van der Waals surface area contributed by atoms with E-state index >= 15 is 0 Å². The average molecular weight is 421 g/mol. The number of hydrogen-bond donors (Lipinski definition) is 1. The third-order valence-corrected chi connectivity index (χ3v) is 5.45. The summed E-state index contributed by atoms with van der Waals surface area (Å²) in [7, 11) is 0. The fourth-order valence-electron chi connectivity index (χ4n) is 2.45. The van der Waals surface area contributed by atoms with Crippen molar-refractivity contribution >= 4 is 55.6 Å². The number of thiophene rings is 1. The molecule has 3 aromatic heterocycles. The molecule has 0 saturated heterocycles. The first-order valence-corrected chi connectivity index (χ1v) is 9.20. The number of rotatable bonds is 5. The summed E-state index contributed by atoms with van der Waals surface area (Å²) in [5, 5.41) is 15.9. The van der Waals surface area contributed by atoms with E-state index in [4.69, 9.17) is 23.2 Å². The third kappa shape index (κ3) is 3.57. The van der Waals surface area contributed by atoms with Gasteiger partial charge in [0.25, 0.3) is 0 Å². The lowest BCUT2D eigenvalue weighted by Gasteiger charge is -2.09. The topological polar surface area (TPSA) is 98.8 Å². The minimum absolute atomic E-state index is 0.000307. The molecule has 4 rings (SSSR count). The summed E-state index contributed by atoms with van der Waals surface area (Å²) in [6, 6.07) is 6.77. The van der Waals surface area contributed by atoms with Gasteiger partial charge < -0.3 is 5.32 Å². The van der Waals surface area contributed by atoms with Gasteiger partial charge in [0.15, 0.2) is 0 Å². The highest BCUT2D eigenvalue weighted by molar-refractivity contribution is 7.21. The molecule has 0 aliphatic rings. The van der Waals surface area contributed by atoms with Crippen molar-refractivity contribution in [3.05, 3.63) is 68.7 Å². The number of aromatic nitrogens is 4. The summed E-state index contributed by atoms with van der Waals surface area (Å²) in [4.78, 5) is 24.1. The number of benzene rings is 1. The van der Waals surface area contributed by atoms with E-state index in [0.29, 0.717) is 38.6 Å². The molecule has 0 radical (unpaired) electrons. The Hall–Kier alpha value is -2.75. The second-order valence-electron chi connectivity index (χ2n) is 5.50. The summed E-state index contributed by atoms with van der Waals surface area (Å²) in [6.45, 7) is 0.413. The van der Waals surface area contributed by atoms with E-state index in [9.17, 15) is 10.1 Å². The highest BCUT2D eigenvalue weighted by Crippen LogP contribution is 2.34. The van der Waals surface area contributed by atoms with Gasteiger partial charge in [0.1, 0.15) is 17.0 Å². The van der Waals surface area contributed by atoms with Crippen molar-refractivity contribution in [2.75, 3.05) is 5.32 Å². The zero-order chi connectivity index (χ0) is 19.0. The van der Waals surface area contributed by atoms with Crippen LogP contribution >= 0.6 is 34.5 Å². The molecule has 1 N–H and O–H groups in total. The van der Waals surface area contributed by atoms with Gasteiger partial charge in [0.05, 0.1) is 20.4 Å². The number of anilines is 1. The van der Waals surface area contributed by atoms with Crippen LogP contribution in [0.1, 0.15) is 5.56 Å². The van der Waals surface area contributed by atoms with Gasteiger partial charge in [0, 0.05) is 25.0 Å². The molecule has 136 valence electrons. The van der Waals surface area contributed by atoms with Crippen molar-refractivity contribution in [3.8, 4) is 5.95 Å². The van der Waals surface area contributed by atoms with Crippen molar-refractivity contribution in [2.24, 2.45) is 0 Å². The van der Waals surface area contributed by atoms with Crippen LogP contribution in [0.3, 0.4) is 0 Å². The Labute approximate surface area is 166 Å². The fraction of sp³-hybridized carbons (Fsp3) is 0.0625. The Balaban J connectivity index is 1.74. The summed E-state index contributed by atoms with van der Waals surface area (Å²) in [5.41, 5.74) is 0.894. The maximum Gasteiger partial charge on any atom is 0.326 e. The van der Waals surface area contributed by atoms with Gasteiger partial charge in [-0.1, -0.05) is 29.3 Å². The number of nitrogens with one attached hydrogen (secondary N) is 1. The smallest absolute Gasteiger partial charge is 0.326 e. The average Bonchev–Trinajstić information content (AvgIpc) is 3.31. The standard InChI is InChI=1S/C16H10Cl2N6O2S/c17-11-2-1-9(5-12(11)18)7-20-14-10-6-13(24(25)26)27-15(10)22-16(21-14)23-4-3-19-8-23/h1-6,8H,7H2,(H,20,21,22). The Morgan fingerprint density at radius 3 is 2.78 bits per heavy atom. The predicted molar refractivity (Wildman–Crippen MR) is 105 cm³/mol. The van der Waals surface area contributed by atoms with Crippen LogP contribution < -0.4 is 5.32 Å². The molecule has 0 aliphatic carbocycles. The zero-order valence-electron chi connectivity index (χ0n) is 13.5. The van der Waals surface area contributed by atoms with Crippen LogP contribution in [0.15, 0.2) is 43.0 Å². The van der Waals surface area contributed by atoms with Crippen molar-refractivity contribution in [2.45, 2.75) is 6.54 Å². The van der Waals surface area contributed by atoms with Crippen molar-refractivity contribution in [1.82, 2.24) is 19.5 Å². The fourth-order valence-corrected chi connectivity index (χ4v) is 3.61. The molecule has 27 heavy (non-hydrogen) atoms. The Kier molecular flexibility index (Phi) is 4.65. The SMILES string of the molecule is O=[N+]([O-])c1cc2c(NCc3ccc(Cl)c(Cl)c3)nc(-n3ccnc3)nc2s1. The molecular formula is C16H10Cl2N6O2S. The molecule has 11 heteroatoms. The third-order valence-electron chi connectivity index (χ3n) is 3.73. The van der Waals surface area contributed by atoms with Crippen LogP contribution in [-0.4, -0.2) is 24.4 Å². The van der Waals surface area contributed by atoms with Crippen LogP contribution in [0.4, 0.5) is 10.8 Å². The number of nitrogens with zero attached hydrogens (tertiary/aromatic N) is 5. The second kappa shape index (κ2) is 7.10.